The van der Waals surface area contributed by atoms with Gasteiger partial charge in [0, 0.05) is 34.7 Å². The summed E-state index contributed by atoms with van der Waals surface area (Å²) in [5, 5.41) is 13.9. The summed E-state index contributed by atoms with van der Waals surface area (Å²) in [5.41, 5.74) is 0.736. The Hall–Kier alpha value is -2.72. The lowest BCUT2D eigenvalue weighted by Gasteiger charge is -2.27. The number of amides is 1. The molecule has 6 rings (SSSR count). The summed E-state index contributed by atoms with van der Waals surface area (Å²) in [6.07, 6.45) is 3.30. The molecule has 35 heavy (non-hydrogen) atoms. The van der Waals surface area contributed by atoms with E-state index in [0.717, 1.165) is 23.3 Å². The highest BCUT2D eigenvalue weighted by molar-refractivity contribution is 7.15. The summed E-state index contributed by atoms with van der Waals surface area (Å²) in [7, 11) is 0. The van der Waals surface area contributed by atoms with E-state index in [-0.39, 0.29) is 12.7 Å². The molecule has 1 aliphatic carbocycles. The molecule has 1 saturated heterocycles. The van der Waals surface area contributed by atoms with Crippen LogP contribution < -0.4 is 14.8 Å². The number of aliphatic hydroxyl groups excluding tert-OH is 1. The molecule has 2 aromatic carbocycles. The molecule has 2 N–H and O–H groups in total. The van der Waals surface area contributed by atoms with Crippen LogP contribution in [0.5, 0.6) is 11.5 Å². The lowest BCUT2D eigenvalue weighted by molar-refractivity contribution is -0.118. The number of nitrogens with zero attached hydrogens (tertiary/aromatic N) is 2. The normalized spacial score (nSPS) is 21.2. The number of hydrogen-bond donors (Lipinski definition) is 2. The average molecular weight is 516 g/mol. The topological polar surface area (TPSA) is 83.9 Å². The van der Waals surface area contributed by atoms with E-state index in [1.165, 1.54) is 17.4 Å². The van der Waals surface area contributed by atoms with Gasteiger partial charge in [-0.1, -0.05) is 35.1 Å². The maximum Gasteiger partial charge on any atom is 0.236 e. The average Bonchev–Trinajstić information content (AvgIpc) is 3.12. The first-order valence-corrected chi connectivity index (χ1v) is 12.7. The van der Waals surface area contributed by atoms with Crippen molar-refractivity contribution in [2.24, 2.45) is 0 Å². The molecule has 0 bridgehead atoms. The van der Waals surface area contributed by atoms with Gasteiger partial charge in [-0.25, -0.2) is 9.37 Å². The summed E-state index contributed by atoms with van der Waals surface area (Å²) < 4.78 is 25.8. The van der Waals surface area contributed by atoms with Crippen molar-refractivity contribution in [2.75, 3.05) is 25.2 Å². The van der Waals surface area contributed by atoms with Gasteiger partial charge in [0.2, 0.25) is 12.7 Å². The van der Waals surface area contributed by atoms with Crippen LogP contribution in [-0.4, -0.2) is 46.9 Å². The molecule has 0 radical (unpaired) electrons. The number of likely N-dealkylation sites (tertiary alicyclic amines) is 1. The number of carbonyl (C=O) groups excluding carboxylic acids is 1. The van der Waals surface area contributed by atoms with Crippen molar-refractivity contribution in [3.8, 4) is 11.5 Å². The van der Waals surface area contributed by atoms with Crippen LogP contribution in [0, 0.1) is 5.82 Å². The standard InChI is InChI=1S/C25H23ClFN3O4S/c26-15-2-3-17(18(27)10-15)22(30-8-5-16(31)12-30)21-11-28-24(35-21)29-23(32)25(6-7-25)14-1-4-19-20(9-14)34-13-33-19/h1-4,9-11,16,22,31H,5-8,12-13H2,(H,28,29,32)/t16?,22-/m0/s1. The smallest absolute Gasteiger partial charge is 0.236 e. The van der Waals surface area contributed by atoms with Gasteiger partial charge in [-0.05, 0) is 49.1 Å². The molecular formula is C25H23ClFN3O4S. The Morgan fingerprint density at radius 1 is 1.26 bits per heavy atom. The molecule has 1 aromatic heterocycles. The summed E-state index contributed by atoms with van der Waals surface area (Å²) in [6.45, 7) is 1.24. The Balaban J connectivity index is 1.25. The molecule has 10 heteroatoms. The first kappa shape index (κ1) is 22.7. The molecule has 182 valence electrons. The second kappa shape index (κ2) is 8.74. The van der Waals surface area contributed by atoms with Crippen LogP contribution in [0.1, 0.15) is 41.3 Å². The number of rotatable bonds is 6. The molecule has 0 spiro atoms. The van der Waals surface area contributed by atoms with Crippen LogP contribution in [0.3, 0.4) is 0 Å². The second-order valence-corrected chi connectivity index (χ2v) is 10.7. The number of β-amino-alcohol motifs (C(OH)–C–C–N with tert-alkyl or cyclic N) is 1. The molecule has 2 fully saturated rings. The first-order chi connectivity index (χ1) is 16.9. The lowest BCUT2D eigenvalue weighted by atomic mass is 9.94. The van der Waals surface area contributed by atoms with Gasteiger partial charge in [-0.3, -0.25) is 9.69 Å². The Morgan fingerprint density at radius 2 is 2.09 bits per heavy atom. The highest BCUT2D eigenvalue weighted by atomic mass is 35.5. The fourth-order valence-corrected chi connectivity index (χ4v) is 6.03. The molecule has 3 aliphatic rings. The number of hydrogen-bond acceptors (Lipinski definition) is 7. The lowest BCUT2D eigenvalue weighted by Crippen LogP contribution is -2.28. The number of carbonyl (C=O) groups is 1. The van der Waals surface area contributed by atoms with E-state index in [9.17, 15) is 14.3 Å². The number of fused-ring (bicyclic) bond motifs is 1. The van der Waals surface area contributed by atoms with E-state index in [1.54, 1.807) is 18.3 Å². The van der Waals surface area contributed by atoms with Gasteiger partial charge in [0.15, 0.2) is 16.6 Å². The van der Waals surface area contributed by atoms with E-state index >= 15 is 0 Å². The summed E-state index contributed by atoms with van der Waals surface area (Å²) in [4.78, 5) is 20.6. The van der Waals surface area contributed by atoms with Gasteiger partial charge < -0.3 is 19.9 Å². The third-order valence-electron chi connectivity index (χ3n) is 6.94. The number of benzene rings is 2. The van der Waals surface area contributed by atoms with Crippen molar-refractivity contribution < 1.29 is 23.8 Å². The van der Waals surface area contributed by atoms with Gasteiger partial charge in [0.25, 0.3) is 0 Å². The van der Waals surface area contributed by atoms with Crippen molar-refractivity contribution in [3.63, 3.8) is 0 Å². The van der Waals surface area contributed by atoms with Gasteiger partial charge in [0.05, 0.1) is 17.6 Å². The zero-order chi connectivity index (χ0) is 24.2. The number of anilines is 1. The van der Waals surface area contributed by atoms with E-state index < -0.39 is 23.4 Å². The van der Waals surface area contributed by atoms with E-state index in [4.69, 9.17) is 21.1 Å². The number of thiazole rings is 1. The Bertz CT molecular complexity index is 1300. The van der Waals surface area contributed by atoms with Crippen LogP contribution in [0.25, 0.3) is 0 Å². The zero-order valence-electron chi connectivity index (χ0n) is 18.7. The number of aliphatic hydroxyl groups is 1. The maximum absolute atomic E-state index is 14.9. The van der Waals surface area contributed by atoms with E-state index in [0.29, 0.717) is 46.7 Å². The fraction of sp³-hybridized carbons (Fsp3) is 0.360. The minimum atomic E-state index is -0.617. The van der Waals surface area contributed by atoms with Crippen molar-refractivity contribution in [1.29, 1.82) is 0 Å². The predicted molar refractivity (Wildman–Crippen MR) is 130 cm³/mol. The maximum atomic E-state index is 14.9. The van der Waals surface area contributed by atoms with Crippen molar-refractivity contribution in [3.05, 3.63) is 69.4 Å². The minimum absolute atomic E-state index is 0.122. The van der Waals surface area contributed by atoms with Crippen molar-refractivity contribution in [1.82, 2.24) is 9.88 Å². The Labute approximate surface area is 210 Å². The molecule has 7 nitrogen and oxygen atoms in total. The van der Waals surface area contributed by atoms with Crippen molar-refractivity contribution in [2.45, 2.75) is 36.8 Å². The minimum Gasteiger partial charge on any atom is -0.454 e. The molecule has 1 unspecified atom stereocenters. The van der Waals surface area contributed by atoms with Crippen molar-refractivity contribution >= 4 is 34.0 Å². The van der Waals surface area contributed by atoms with Crippen LogP contribution in [0.2, 0.25) is 5.02 Å². The predicted octanol–water partition coefficient (Wildman–Crippen LogP) is 4.49. The highest BCUT2D eigenvalue weighted by Gasteiger charge is 2.52. The quantitative estimate of drug-likeness (QED) is 0.503. The van der Waals surface area contributed by atoms with E-state index in [2.05, 4.69) is 10.3 Å². The molecule has 1 saturated carbocycles. The number of halogens is 2. The van der Waals surface area contributed by atoms with Gasteiger partial charge in [0.1, 0.15) is 5.82 Å². The van der Waals surface area contributed by atoms with Gasteiger partial charge in [-0.15, -0.1) is 0 Å². The molecular weight excluding hydrogens is 493 g/mol. The van der Waals surface area contributed by atoms with Gasteiger partial charge in [-0.2, -0.15) is 0 Å². The van der Waals surface area contributed by atoms with Crippen LogP contribution in [-0.2, 0) is 10.2 Å². The number of aromatic nitrogens is 1. The Kier molecular flexibility index (Phi) is 5.68. The van der Waals surface area contributed by atoms with Gasteiger partial charge >= 0.3 is 0 Å². The number of nitrogens with one attached hydrogen (secondary N) is 1. The van der Waals surface area contributed by atoms with Crippen LogP contribution in [0.15, 0.2) is 42.6 Å². The third kappa shape index (κ3) is 4.16. The fourth-order valence-electron chi connectivity index (χ4n) is 4.91. The molecule has 3 heterocycles. The highest BCUT2D eigenvalue weighted by Crippen LogP contribution is 2.51. The SMILES string of the molecule is O=C(Nc1ncc([C@H](c2ccc(Cl)cc2F)N2CCC(O)C2)s1)C1(c2ccc3c(c2)OCO3)CC1. The number of ether oxygens (including phenoxy) is 2. The van der Waals surface area contributed by atoms with E-state index in [1.807, 2.05) is 23.1 Å². The summed E-state index contributed by atoms with van der Waals surface area (Å²) >= 11 is 7.29. The third-order valence-corrected chi connectivity index (χ3v) is 8.14. The van der Waals surface area contributed by atoms with Crippen LogP contribution in [0.4, 0.5) is 9.52 Å². The zero-order valence-corrected chi connectivity index (χ0v) is 20.2. The van der Waals surface area contributed by atoms with Crippen LogP contribution >= 0.6 is 22.9 Å². The second-order valence-electron chi connectivity index (χ2n) is 9.18. The first-order valence-electron chi connectivity index (χ1n) is 11.5. The molecule has 1 amide bonds. The molecule has 3 aromatic rings. The summed E-state index contributed by atoms with van der Waals surface area (Å²) in [6, 6.07) is 9.81. The summed E-state index contributed by atoms with van der Waals surface area (Å²) in [5.74, 6) is 0.798. The largest absolute Gasteiger partial charge is 0.454 e. The Morgan fingerprint density at radius 3 is 2.83 bits per heavy atom. The monoisotopic (exact) mass is 515 g/mol. The molecule has 2 atom stereocenters. The molecule has 2 aliphatic heterocycles.